The Hall–Kier alpha value is -2.92. The molecule has 3 heterocycles. The lowest BCUT2D eigenvalue weighted by atomic mass is 9.99. The molecular weight excluding hydrogens is 324 g/mol. The van der Waals surface area contributed by atoms with E-state index in [0.717, 1.165) is 41.4 Å². The van der Waals surface area contributed by atoms with Crippen LogP contribution in [0.25, 0.3) is 33.2 Å². The average molecular weight is 344 g/mol. The summed E-state index contributed by atoms with van der Waals surface area (Å²) in [5.74, 6) is 0. The number of nitrogens with one attached hydrogen (secondary N) is 2. The minimum Gasteiger partial charge on any atom is -0.344 e. The molecule has 0 radical (unpaired) electrons. The lowest BCUT2D eigenvalue weighted by molar-refractivity contribution is 0.429. The molecule has 0 spiro atoms. The van der Waals surface area contributed by atoms with Crippen LogP contribution in [0.1, 0.15) is 12.1 Å². The van der Waals surface area contributed by atoms with E-state index in [-0.39, 0.29) is 5.56 Å². The summed E-state index contributed by atoms with van der Waals surface area (Å²) >= 11 is 0. The first-order valence-electron chi connectivity index (χ1n) is 9.03. The van der Waals surface area contributed by atoms with Crippen LogP contribution in [0.4, 0.5) is 0 Å². The fourth-order valence-corrected chi connectivity index (χ4v) is 4.15. The van der Waals surface area contributed by atoms with Crippen molar-refractivity contribution >= 4 is 21.9 Å². The Labute approximate surface area is 150 Å². The van der Waals surface area contributed by atoms with Crippen LogP contribution >= 0.6 is 0 Å². The zero-order chi connectivity index (χ0) is 17.7. The summed E-state index contributed by atoms with van der Waals surface area (Å²) in [5.41, 5.74) is 5.33. The van der Waals surface area contributed by atoms with Gasteiger partial charge in [0.15, 0.2) is 0 Å². The Morgan fingerprint density at radius 1 is 1.15 bits per heavy atom. The van der Waals surface area contributed by atoms with Crippen molar-refractivity contribution in [3.8, 4) is 11.3 Å². The second-order valence-electron chi connectivity index (χ2n) is 6.90. The van der Waals surface area contributed by atoms with Gasteiger partial charge in [-0.25, -0.2) is 4.98 Å². The summed E-state index contributed by atoms with van der Waals surface area (Å²) in [4.78, 5) is 20.6. The lowest BCUT2D eigenvalue weighted by Gasteiger charge is -2.25. The van der Waals surface area contributed by atoms with Gasteiger partial charge in [0, 0.05) is 41.2 Å². The van der Waals surface area contributed by atoms with Crippen LogP contribution in [-0.2, 0) is 13.0 Å². The number of H-pyrrole nitrogens is 1. The van der Waals surface area contributed by atoms with Crippen molar-refractivity contribution < 1.29 is 0 Å². The highest BCUT2D eigenvalue weighted by Crippen LogP contribution is 2.36. The number of fused-ring (bicyclic) bond motifs is 4. The van der Waals surface area contributed by atoms with Gasteiger partial charge in [0.2, 0.25) is 0 Å². The SMILES string of the molecule is CNC1CCn2c(c(-c3nc4ccccc4[nH]c3=O)c3ccccc32)C1. The van der Waals surface area contributed by atoms with Crippen molar-refractivity contribution in [2.75, 3.05) is 7.05 Å². The van der Waals surface area contributed by atoms with Gasteiger partial charge in [-0.05, 0) is 31.7 Å². The number of benzene rings is 2. The first kappa shape index (κ1) is 15.3. The van der Waals surface area contributed by atoms with Crippen molar-refractivity contribution in [2.45, 2.75) is 25.4 Å². The monoisotopic (exact) mass is 344 g/mol. The van der Waals surface area contributed by atoms with E-state index in [4.69, 9.17) is 4.98 Å². The first-order valence-corrected chi connectivity index (χ1v) is 9.03. The van der Waals surface area contributed by atoms with Gasteiger partial charge in [0.25, 0.3) is 5.56 Å². The average Bonchev–Trinajstić information content (AvgIpc) is 3.01. The molecule has 130 valence electrons. The molecule has 5 rings (SSSR count). The third-order valence-electron chi connectivity index (χ3n) is 5.46. The van der Waals surface area contributed by atoms with Crippen molar-refractivity contribution in [1.29, 1.82) is 0 Å². The number of rotatable bonds is 2. The van der Waals surface area contributed by atoms with Gasteiger partial charge < -0.3 is 14.9 Å². The predicted molar refractivity (Wildman–Crippen MR) is 104 cm³/mol. The highest BCUT2D eigenvalue weighted by atomic mass is 16.1. The van der Waals surface area contributed by atoms with E-state index in [2.05, 4.69) is 33.1 Å². The molecule has 1 aliphatic rings. The van der Waals surface area contributed by atoms with Crippen molar-refractivity contribution in [3.63, 3.8) is 0 Å². The summed E-state index contributed by atoms with van der Waals surface area (Å²) in [5, 5.41) is 4.50. The Bertz CT molecular complexity index is 1190. The fourth-order valence-electron chi connectivity index (χ4n) is 4.15. The number of hydrogen-bond donors (Lipinski definition) is 2. The number of likely N-dealkylation sites (N-methyl/N-ethyl adjacent to an activating group) is 1. The number of aryl methyl sites for hydroxylation is 1. The number of aromatic amines is 1. The normalized spacial score (nSPS) is 16.9. The van der Waals surface area contributed by atoms with Crippen LogP contribution < -0.4 is 10.9 Å². The molecule has 5 nitrogen and oxygen atoms in total. The molecule has 1 aliphatic heterocycles. The minimum absolute atomic E-state index is 0.130. The molecule has 1 unspecified atom stereocenters. The quantitative estimate of drug-likeness (QED) is 0.587. The fraction of sp³-hybridized carbons (Fsp3) is 0.238. The smallest absolute Gasteiger partial charge is 0.275 e. The summed E-state index contributed by atoms with van der Waals surface area (Å²) in [6.45, 7) is 0.951. The van der Waals surface area contributed by atoms with Gasteiger partial charge in [0.05, 0.1) is 11.0 Å². The van der Waals surface area contributed by atoms with E-state index in [9.17, 15) is 4.79 Å². The van der Waals surface area contributed by atoms with E-state index >= 15 is 0 Å². The van der Waals surface area contributed by atoms with E-state index in [1.54, 1.807) is 0 Å². The number of aromatic nitrogens is 3. The molecular formula is C21H20N4O. The van der Waals surface area contributed by atoms with Gasteiger partial charge in [-0.15, -0.1) is 0 Å². The van der Waals surface area contributed by atoms with E-state index in [0.29, 0.717) is 11.7 Å². The summed E-state index contributed by atoms with van der Waals surface area (Å²) in [7, 11) is 2.00. The molecule has 0 saturated carbocycles. The van der Waals surface area contributed by atoms with Crippen LogP contribution in [-0.4, -0.2) is 27.6 Å². The van der Waals surface area contributed by atoms with Crippen LogP contribution in [0, 0.1) is 0 Å². The summed E-state index contributed by atoms with van der Waals surface area (Å²) in [6.07, 6.45) is 1.98. The molecule has 0 aliphatic carbocycles. The second-order valence-corrected chi connectivity index (χ2v) is 6.90. The van der Waals surface area contributed by atoms with Crippen LogP contribution in [0.15, 0.2) is 53.3 Å². The molecule has 2 aromatic carbocycles. The molecule has 1 atom stereocenters. The minimum atomic E-state index is -0.130. The third-order valence-corrected chi connectivity index (χ3v) is 5.46. The zero-order valence-corrected chi connectivity index (χ0v) is 14.6. The Morgan fingerprint density at radius 3 is 2.85 bits per heavy atom. The van der Waals surface area contributed by atoms with Gasteiger partial charge in [0.1, 0.15) is 5.69 Å². The second kappa shape index (κ2) is 5.81. The van der Waals surface area contributed by atoms with Gasteiger partial charge in [-0.3, -0.25) is 4.79 Å². The van der Waals surface area contributed by atoms with Gasteiger partial charge in [-0.1, -0.05) is 30.3 Å². The molecule has 0 bridgehead atoms. The summed E-state index contributed by atoms with van der Waals surface area (Å²) < 4.78 is 2.36. The molecule has 2 aromatic heterocycles. The highest BCUT2D eigenvalue weighted by Gasteiger charge is 2.26. The number of para-hydroxylation sites is 3. The number of hydrogen-bond acceptors (Lipinski definition) is 3. The van der Waals surface area contributed by atoms with Gasteiger partial charge >= 0.3 is 0 Å². The maximum Gasteiger partial charge on any atom is 0.275 e. The topological polar surface area (TPSA) is 62.7 Å². The molecule has 5 heteroatoms. The molecule has 0 fully saturated rings. The largest absolute Gasteiger partial charge is 0.344 e. The standard InChI is InChI=1S/C21H20N4O/c1-22-13-10-11-25-17-9-5-2-6-14(17)19(18(25)12-13)20-21(26)24-16-8-4-3-7-15(16)23-20/h2-9,13,22H,10-12H2,1H3,(H,24,26). The molecule has 0 saturated heterocycles. The molecule has 26 heavy (non-hydrogen) atoms. The van der Waals surface area contributed by atoms with E-state index in [1.807, 2.05) is 37.4 Å². The Kier molecular flexibility index (Phi) is 3.43. The highest BCUT2D eigenvalue weighted by molar-refractivity contribution is 5.98. The molecule has 4 aromatic rings. The predicted octanol–water partition coefficient (Wildman–Crippen LogP) is 3.08. The zero-order valence-electron chi connectivity index (χ0n) is 14.6. The Balaban J connectivity index is 1.85. The van der Waals surface area contributed by atoms with Gasteiger partial charge in [-0.2, -0.15) is 0 Å². The maximum atomic E-state index is 12.9. The van der Waals surface area contributed by atoms with Crippen LogP contribution in [0.5, 0.6) is 0 Å². The van der Waals surface area contributed by atoms with Crippen molar-refractivity contribution in [3.05, 3.63) is 64.6 Å². The van der Waals surface area contributed by atoms with E-state index < -0.39 is 0 Å². The number of nitrogens with zero attached hydrogens (tertiary/aromatic N) is 2. The first-order chi connectivity index (χ1) is 12.8. The van der Waals surface area contributed by atoms with Crippen molar-refractivity contribution in [1.82, 2.24) is 19.9 Å². The van der Waals surface area contributed by atoms with Crippen molar-refractivity contribution in [2.24, 2.45) is 0 Å². The Morgan fingerprint density at radius 2 is 1.96 bits per heavy atom. The lowest BCUT2D eigenvalue weighted by Crippen LogP contribution is -2.34. The van der Waals surface area contributed by atoms with Crippen LogP contribution in [0.2, 0.25) is 0 Å². The van der Waals surface area contributed by atoms with Crippen LogP contribution in [0.3, 0.4) is 0 Å². The van der Waals surface area contributed by atoms with E-state index in [1.165, 1.54) is 11.2 Å². The molecule has 2 N–H and O–H groups in total. The maximum absolute atomic E-state index is 12.9. The summed E-state index contributed by atoms with van der Waals surface area (Å²) in [6, 6.07) is 16.4. The molecule has 0 amide bonds. The third kappa shape index (κ3) is 2.21.